The van der Waals surface area contributed by atoms with E-state index in [4.69, 9.17) is 4.74 Å². The van der Waals surface area contributed by atoms with Crippen LogP contribution in [0.15, 0.2) is 0 Å². The van der Waals surface area contributed by atoms with Gasteiger partial charge in [0.2, 0.25) is 5.91 Å². The first kappa shape index (κ1) is 13.2. The van der Waals surface area contributed by atoms with Gasteiger partial charge in [-0.2, -0.15) is 11.8 Å². The fourth-order valence-electron chi connectivity index (χ4n) is 2.38. The maximum absolute atomic E-state index is 11.9. The highest BCUT2D eigenvalue weighted by molar-refractivity contribution is 7.99. The van der Waals surface area contributed by atoms with Crippen molar-refractivity contribution in [3.63, 3.8) is 0 Å². The fourth-order valence-corrected chi connectivity index (χ4v) is 3.33. The number of hydrogen-bond acceptors (Lipinski definition) is 4. The maximum Gasteiger partial charge on any atom is 0.221 e. The Hall–Kier alpha value is -0.260. The molecule has 17 heavy (non-hydrogen) atoms. The van der Waals surface area contributed by atoms with Gasteiger partial charge in [0.15, 0.2) is 0 Å². The Bertz CT molecular complexity index is 251. The molecular formula is C12H22N2O2S. The van der Waals surface area contributed by atoms with Gasteiger partial charge in [-0.1, -0.05) is 0 Å². The van der Waals surface area contributed by atoms with E-state index in [0.717, 1.165) is 37.5 Å². The second kappa shape index (κ2) is 6.61. The van der Waals surface area contributed by atoms with Crippen molar-refractivity contribution in [2.45, 2.75) is 44.4 Å². The predicted octanol–water partition coefficient (Wildman–Crippen LogP) is 0.765. The Balaban J connectivity index is 1.68. The summed E-state index contributed by atoms with van der Waals surface area (Å²) in [5.41, 5.74) is 0. The summed E-state index contributed by atoms with van der Waals surface area (Å²) in [6.45, 7) is 3.90. The van der Waals surface area contributed by atoms with E-state index in [1.54, 1.807) is 0 Å². The molecule has 2 aliphatic rings. The van der Waals surface area contributed by atoms with Gasteiger partial charge < -0.3 is 15.4 Å². The normalized spacial score (nSPS) is 31.1. The first-order valence-electron chi connectivity index (χ1n) is 6.48. The topological polar surface area (TPSA) is 50.4 Å². The zero-order chi connectivity index (χ0) is 12.1. The SMILES string of the molecule is CC(NC(=O)CC1CSCCN1)C1CCCO1. The highest BCUT2D eigenvalue weighted by Crippen LogP contribution is 2.16. The Kier molecular flexibility index (Phi) is 5.13. The van der Waals surface area contributed by atoms with Gasteiger partial charge in [-0.15, -0.1) is 0 Å². The van der Waals surface area contributed by atoms with Crippen molar-refractivity contribution in [3.8, 4) is 0 Å². The summed E-state index contributed by atoms with van der Waals surface area (Å²) in [5, 5.41) is 6.44. The third kappa shape index (κ3) is 4.16. The number of hydrogen-bond donors (Lipinski definition) is 2. The third-order valence-corrected chi connectivity index (χ3v) is 4.47. The molecule has 2 heterocycles. The van der Waals surface area contributed by atoms with Crippen molar-refractivity contribution in [1.29, 1.82) is 0 Å². The first-order chi connectivity index (χ1) is 8.25. The molecule has 0 spiro atoms. The van der Waals surface area contributed by atoms with E-state index in [1.807, 2.05) is 18.7 Å². The van der Waals surface area contributed by atoms with E-state index in [9.17, 15) is 4.79 Å². The quantitative estimate of drug-likeness (QED) is 0.782. The molecule has 2 N–H and O–H groups in total. The average molecular weight is 258 g/mol. The molecule has 0 aromatic rings. The van der Waals surface area contributed by atoms with Crippen molar-refractivity contribution >= 4 is 17.7 Å². The Morgan fingerprint density at radius 2 is 2.53 bits per heavy atom. The first-order valence-corrected chi connectivity index (χ1v) is 7.63. The van der Waals surface area contributed by atoms with Crippen molar-refractivity contribution in [2.75, 3.05) is 24.7 Å². The molecule has 0 aliphatic carbocycles. The van der Waals surface area contributed by atoms with Gasteiger partial charge in [0, 0.05) is 37.1 Å². The second-order valence-electron chi connectivity index (χ2n) is 4.84. The van der Waals surface area contributed by atoms with Crippen molar-refractivity contribution in [3.05, 3.63) is 0 Å². The maximum atomic E-state index is 11.9. The number of thioether (sulfide) groups is 1. The van der Waals surface area contributed by atoms with Gasteiger partial charge in [-0.25, -0.2) is 0 Å². The molecule has 5 heteroatoms. The zero-order valence-corrected chi connectivity index (χ0v) is 11.2. The minimum Gasteiger partial charge on any atom is -0.376 e. The van der Waals surface area contributed by atoms with Crippen LogP contribution in [-0.2, 0) is 9.53 Å². The van der Waals surface area contributed by atoms with Gasteiger partial charge in [0.25, 0.3) is 0 Å². The van der Waals surface area contributed by atoms with Gasteiger partial charge in [0.05, 0.1) is 12.1 Å². The fraction of sp³-hybridized carbons (Fsp3) is 0.917. The van der Waals surface area contributed by atoms with Crippen molar-refractivity contribution < 1.29 is 9.53 Å². The molecule has 0 aromatic carbocycles. The van der Waals surface area contributed by atoms with E-state index in [0.29, 0.717) is 12.5 Å². The summed E-state index contributed by atoms with van der Waals surface area (Å²) in [7, 11) is 0. The molecule has 2 rings (SSSR count). The number of amides is 1. The summed E-state index contributed by atoms with van der Waals surface area (Å²) in [6.07, 6.45) is 2.99. The molecule has 3 atom stereocenters. The van der Waals surface area contributed by atoms with E-state index >= 15 is 0 Å². The van der Waals surface area contributed by atoms with E-state index in [2.05, 4.69) is 10.6 Å². The van der Waals surface area contributed by atoms with Gasteiger partial charge >= 0.3 is 0 Å². The summed E-state index contributed by atoms with van der Waals surface area (Å²) < 4.78 is 5.57. The molecule has 0 bridgehead atoms. The lowest BCUT2D eigenvalue weighted by atomic mass is 10.1. The number of nitrogens with one attached hydrogen (secondary N) is 2. The van der Waals surface area contributed by atoms with Gasteiger partial charge in [-0.05, 0) is 19.8 Å². The molecule has 3 unspecified atom stereocenters. The van der Waals surface area contributed by atoms with E-state index < -0.39 is 0 Å². The van der Waals surface area contributed by atoms with E-state index in [-0.39, 0.29) is 18.1 Å². The standard InChI is InChI=1S/C12H22N2O2S/c1-9(11-3-2-5-16-11)14-12(15)7-10-8-17-6-4-13-10/h9-11,13H,2-8H2,1H3,(H,14,15). The summed E-state index contributed by atoms with van der Waals surface area (Å²) in [5.74, 6) is 2.35. The minimum atomic E-state index is 0.140. The lowest BCUT2D eigenvalue weighted by Gasteiger charge is -2.25. The smallest absolute Gasteiger partial charge is 0.221 e. The zero-order valence-electron chi connectivity index (χ0n) is 10.4. The number of carbonyl (C=O) groups is 1. The molecule has 2 saturated heterocycles. The lowest BCUT2D eigenvalue weighted by Crippen LogP contribution is -2.45. The van der Waals surface area contributed by atoms with Crippen LogP contribution in [0.3, 0.4) is 0 Å². The minimum absolute atomic E-state index is 0.140. The molecule has 2 fully saturated rings. The summed E-state index contributed by atoms with van der Waals surface area (Å²) >= 11 is 1.92. The van der Waals surface area contributed by atoms with Crippen LogP contribution in [0.25, 0.3) is 0 Å². The molecule has 2 aliphatic heterocycles. The Labute approximate surface area is 107 Å². The number of carbonyl (C=O) groups excluding carboxylic acids is 1. The van der Waals surface area contributed by atoms with Crippen LogP contribution in [0.1, 0.15) is 26.2 Å². The third-order valence-electron chi connectivity index (χ3n) is 3.34. The Morgan fingerprint density at radius 1 is 1.65 bits per heavy atom. The highest BCUT2D eigenvalue weighted by Gasteiger charge is 2.24. The van der Waals surface area contributed by atoms with Crippen molar-refractivity contribution in [1.82, 2.24) is 10.6 Å². The number of rotatable bonds is 4. The van der Waals surface area contributed by atoms with Gasteiger partial charge in [0.1, 0.15) is 0 Å². The monoisotopic (exact) mass is 258 g/mol. The van der Waals surface area contributed by atoms with Crippen molar-refractivity contribution in [2.24, 2.45) is 0 Å². The lowest BCUT2D eigenvalue weighted by molar-refractivity contribution is -0.123. The molecule has 98 valence electrons. The summed E-state index contributed by atoms with van der Waals surface area (Å²) in [4.78, 5) is 11.9. The summed E-state index contributed by atoms with van der Waals surface area (Å²) in [6, 6.07) is 0.478. The molecule has 0 radical (unpaired) electrons. The molecular weight excluding hydrogens is 236 g/mol. The van der Waals surface area contributed by atoms with Crippen LogP contribution in [0.5, 0.6) is 0 Å². The van der Waals surface area contributed by atoms with Gasteiger partial charge in [-0.3, -0.25) is 4.79 Å². The van der Waals surface area contributed by atoms with Crippen LogP contribution >= 0.6 is 11.8 Å². The molecule has 0 aromatic heterocycles. The average Bonchev–Trinajstić information content (AvgIpc) is 2.83. The molecule has 4 nitrogen and oxygen atoms in total. The predicted molar refractivity (Wildman–Crippen MR) is 70.3 cm³/mol. The van der Waals surface area contributed by atoms with Crippen LogP contribution in [0, 0.1) is 0 Å². The van der Waals surface area contributed by atoms with Crippen LogP contribution in [-0.4, -0.2) is 48.8 Å². The number of ether oxygens (including phenoxy) is 1. The largest absolute Gasteiger partial charge is 0.376 e. The highest BCUT2D eigenvalue weighted by atomic mass is 32.2. The van der Waals surface area contributed by atoms with Crippen LogP contribution < -0.4 is 10.6 Å². The second-order valence-corrected chi connectivity index (χ2v) is 5.99. The molecule has 0 saturated carbocycles. The Morgan fingerprint density at radius 3 is 3.18 bits per heavy atom. The molecule has 1 amide bonds. The van der Waals surface area contributed by atoms with E-state index in [1.165, 1.54) is 0 Å². The van der Waals surface area contributed by atoms with Crippen LogP contribution in [0.2, 0.25) is 0 Å². The van der Waals surface area contributed by atoms with Crippen LogP contribution in [0.4, 0.5) is 0 Å².